The van der Waals surface area contributed by atoms with Gasteiger partial charge in [-0.05, 0) is 20.3 Å². The van der Waals surface area contributed by atoms with Crippen molar-refractivity contribution in [1.82, 2.24) is 19.9 Å². The van der Waals surface area contributed by atoms with Gasteiger partial charge in [-0.3, -0.25) is 4.79 Å². The number of hydrogen-bond acceptors (Lipinski definition) is 4. The van der Waals surface area contributed by atoms with Crippen molar-refractivity contribution < 1.29 is 4.79 Å². The molecule has 0 fully saturated rings. The normalized spacial score (nSPS) is 12.4. The van der Waals surface area contributed by atoms with Gasteiger partial charge in [-0.15, -0.1) is 11.3 Å². The van der Waals surface area contributed by atoms with Crippen LogP contribution in [0.15, 0.2) is 12.4 Å². The van der Waals surface area contributed by atoms with Crippen LogP contribution in [0.3, 0.4) is 0 Å². The molecule has 2 heterocycles. The predicted molar refractivity (Wildman–Crippen MR) is 84.3 cm³/mol. The number of carbonyl (C=O) groups excluding carboxylic acids is 1. The Balaban J connectivity index is 2.05. The first kappa shape index (κ1) is 15.7. The maximum Gasteiger partial charge on any atom is 0.226 e. The van der Waals surface area contributed by atoms with Gasteiger partial charge in [0.1, 0.15) is 5.82 Å². The molecule has 1 N–H and O–H groups in total. The average molecular weight is 306 g/mol. The zero-order valence-corrected chi connectivity index (χ0v) is 13.8. The summed E-state index contributed by atoms with van der Waals surface area (Å²) >= 11 is 1.63. The minimum atomic E-state index is -0.0393. The quantitative estimate of drug-likeness (QED) is 0.892. The molecule has 0 saturated heterocycles. The highest BCUT2D eigenvalue weighted by Gasteiger charge is 2.19. The van der Waals surface area contributed by atoms with Gasteiger partial charge in [0, 0.05) is 24.3 Å². The summed E-state index contributed by atoms with van der Waals surface area (Å²) in [6.07, 6.45) is 5.87. The summed E-state index contributed by atoms with van der Waals surface area (Å²) in [6, 6.07) is -0.0393. The lowest BCUT2D eigenvalue weighted by atomic mass is 10.1. The molecule has 0 aliphatic rings. The fraction of sp³-hybridized carbons (Fsp3) is 0.533. The van der Waals surface area contributed by atoms with E-state index in [0.29, 0.717) is 6.42 Å². The van der Waals surface area contributed by atoms with Crippen LogP contribution in [-0.2, 0) is 18.3 Å². The highest BCUT2D eigenvalue weighted by Crippen LogP contribution is 2.19. The molecule has 2 aromatic rings. The summed E-state index contributed by atoms with van der Waals surface area (Å²) in [5.74, 6) is 0.904. The molecule has 6 heteroatoms. The molecule has 0 spiro atoms. The fourth-order valence-electron chi connectivity index (χ4n) is 2.40. The zero-order valence-electron chi connectivity index (χ0n) is 13.0. The van der Waals surface area contributed by atoms with Gasteiger partial charge in [-0.2, -0.15) is 0 Å². The molecule has 1 amide bonds. The molecule has 0 bridgehead atoms. The Labute approximate surface area is 129 Å². The second-order valence-electron chi connectivity index (χ2n) is 5.22. The van der Waals surface area contributed by atoms with E-state index in [1.807, 2.05) is 31.7 Å². The summed E-state index contributed by atoms with van der Waals surface area (Å²) in [6.45, 7) is 6.08. The zero-order chi connectivity index (χ0) is 15.4. The number of aryl methyl sites for hydroxylation is 3. The summed E-state index contributed by atoms with van der Waals surface area (Å²) in [5, 5.41) is 4.09. The lowest BCUT2D eigenvalue weighted by molar-refractivity contribution is -0.121. The van der Waals surface area contributed by atoms with Gasteiger partial charge >= 0.3 is 0 Å². The first-order chi connectivity index (χ1) is 10.0. The number of hydrogen-bond donors (Lipinski definition) is 1. The number of nitrogens with zero attached hydrogens (tertiary/aromatic N) is 3. The van der Waals surface area contributed by atoms with Crippen LogP contribution in [-0.4, -0.2) is 20.4 Å². The van der Waals surface area contributed by atoms with Crippen molar-refractivity contribution in [3.05, 3.63) is 33.8 Å². The van der Waals surface area contributed by atoms with E-state index in [-0.39, 0.29) is 11.9 Å². The van der Waals surface area contributed by atoms with Crippen LogP contribution in [0.1, 0.15) is 47.2 Å². The number of imidazole rings is 1. The number of thiazole rings is 1. The monoisotopic (exact) mass is 306 g/mol. The molecule has 5 nitrogen and oxygen atoms in total. The lowest BCUT2D eigenvalue weighted by Crippen LogP contribution is -2.31. The van der Waals surface area contributed by atoms with Crippen LogP contribution in [0.25, 0.3) is 0 Å². The molecular weight excluding hydrogens is 284 g/mol. The highest BCUT2D eigenvalue weighted by molar-refractivity contribution is 7.11. The van der Waals surface area contributed by atoms with Crippen molar-refractivity contribution in [2.75, 3.05) is 0 Å². The molecule has 0 aliphatic carbocycles. The van der Waals surface area contributed by atoms with Crippen LogP contribution in [0.2, 0.25) is 0 Å². The number of aromatic nitrogens is 3. The van der Waals surface area contributed by atoms with E-state index in [2.05, 4.69) is 22.2 Å². The first-order valence-electron chi connectivity index (χ1n) is 7.20. The minimum absolute atomic E-state index is 0.00449. The van der Waals surface area contributed by atoms with Crippen molar-refractivity contribution in [3.8, 4) is 0 Å². The molecule has 21 heavy (non-hydrogen) atoms. The third-order valence-electron chi connectivity index (χ3n) is 3.41. The Morgan fingerprint density at radius 3 is 2.76 bits per heavy atom. The molecule has 0 radical (unpaired) electrons. The standard InChI is InChI=1S/C15H22N4OS/c1-5-6-12(15-16-7-8-19(15)4)18-14(20)9-13-10(2)21-11(3)17-13/h7-8,12H,5-6,9H2,1-4H3,(H,18,20)/t12-/m1/s1. The minimum Gasteiger partial charge on any atom is -0.346 e. The Morgan fingerprint density at radius 1 is 1.48 bits per heavy atom. The molecule has 114 valence electrons. The Morgan fingerprint density at radius 2 is 2.24 bits per heavy atom. The van der Waals surface area contributed by atoms with Gasteiger partial charge in [0.05, 0.1) is 23.2 Å². The molecule has 0 saturated carbocycles. The summed E-state index contributed by atoms with van der Waals surface area (Å²) in [4.78, 5) is 22.2. The van der Waals surface area contributed by atoms with Gasteiger partial charge in [-0.1, -0.05) is 13.3 Å². The molecule has 2 aromatic heterocycles. The first-order valence-corrected chi connectivity index (χ1v) is 8.02. The van der Waals surface area contributed by atoms with E-state index >= 15 is 0 Å². The van der Waals surface area contributed by atoms with Crippen LogP contribution >= 0.6 is 11.3 Å². The highest BCUT2D eigenvalue weighted by atomic mass is 32.1. The number of carbonyl (C=O) groups is 1. The van der Waals surface area contributed by atoms with Gasteiger partial charge in [0.15, 0.2) is 0 Å². The van der Waals surface area contributed by atoms with Crippen molar-refractivity contribution in [2.45, 2.75) is 46.1 Å². The predicted octanol–water partition coefficient (Wildman–Crippen LogP) is 2.69. The Bertz CT molecular complexity index is 617. The smallest absolute Gasteiger partial charge is 0.226 e. The van der Waals surface area contributed by atoms with Crippen molar-refractivity contribution in [3.63, 3.8) is 0 Å². The number of amides is 1. The number of rotatable bonds is 6. The second kappa shape index (κ2) is 6.85. The van der Waals surface area contributed by atoms with Crippen LogP contribution in [0, 0.1) is 13.8 Å². The summed E-state index contributed by atoms with van der Waals surface area (Å²) in [5.41, 5.74) is 0.880. The fourth-order valence-corrected chi connectivity index (χ4v) is 3.24. The summed E-state index contributed by atoms with van der Waals surface area (Å²) < 4.78 is 1.96. The average Bonchev–Trinajstić information content (AvgIpc) is 2.95. The second-order valence-corrected chi connectivity index (χ2v) is 6.62. The molecule has 1 atom stereocenters. The van der Waals surface area contributed by atoms with Crippen LogP contribution < -0.4 is 5.32 Å². The molecule has 0 aliphatic heterocycles. The van der Waals surface area contributed by atoms with E-state index in [9.17, 15) is 4.79 Å². The maximum absolute atomic E-state index is 12.3. The van der Waals surface area contributed by atoms with Gasteiger partial charge in [-0.25, -0.2) is 9.97 Å². The Hall–Kier alpha value is -1.69. The van der Waals surface area contributed by atoms with Crippen molar-refractivity contribution >= 4 is 17.2 Å². The van der Waals surface area contributed by atoms with Gasteiger partial charge in [0.25, 0.3) is 0 Å². The van der Waals surface area contributed by atoms with Crippen LogP contribution in [0.4, 0.5) is 0 Å². The molecule has 0 unspecified atom stereocenters. The SMILES string of the molecule is CCC[C@@H](NC(=O)Cc1nc(C)sc1C)c1nccn1C. The Kier molecular flexibility index (Phi) is 5.12. The van der Waals surface area contributed by atoms with Crippen LogP contribution in [0.5, 0.6) is 0 Å². The largest absolute Gasteiger partial charge is 0.346 e. The van der Waals surface area contributed by atoms with Gasteiger partial charge < -0.3 is 9.88 Å². The summed E-state index contributed by atoms with van der Waals surface area (Å²) in [7, 11) is 1.95. The third kappa shape index (κ3) is 3.91. The molecule has 2 rings (SSSR count). The van der Waals surface area contributed by atoms with E-state index in [0.717, 1.165) is 34.2 Å². The van der Waals surface area contributed by atoms with E-state index in [1.165, 1.54) is 0 Å². The lowest BCUT2D eigenvalue weighted by Gasteiger charge is -2.17. The van der Waals surface area contributed by atoms with Crippen molar-refractivity contribution in [2.24, 2.45) is 7.05 Å². The van der Waals surface area contributed by atoms with Crippen molar-refractivity contribution in [1.29, 1.82) is 0 Å². The van der Waals surface area contributed by atoms with Gasteiger partial charge in [0.2, 0.25) is 5.91 Å². The van der Waals surface area contributed by atoms with E-state index in [4.69, 9.17) is 0 Å². The maximum atomic E-state index is 12.3. The van der Waals surface area contributed by atoms with E-state index < -0.39 is 0 Å². The molecule has 0 aromatic carbocycles. The van der Waals surface area contributed by atoms with E-state index in [1.54, 1.807) is 17.5 Å². The number of nitrogens with one attached hydrogen (secondary N) is 1. The molecular formula is C15H22N4OS. The topological polar surface area (TPSA) is 59.8 Å². The third-order valence-corrected chi connectivity index (χ3v) is 4.34.